The van der Waals surface area contributed by atoms with Gasteiger partial charge in [0.2, 0.25) is 0 Å². The number of aliphatic hydroxyl groups is 1. The Morgan fingerprint density at radius 2 is 2.30 bits per heavy atom. The van der Waals surface area contributed by atoms with E-state index in [1.165, 1.54) is 0 Å². The quantitative estimate of drug-likeness (QED) is 0.523. The Hall–Kier alpha value is -0.570. The molecule has 0 unspecified atom stereocenters. The molecule has 0 spiro atoms. The molecule has 0 fully saturated rings. The summed E-state index contributed by atoms with van der Waals surface area (Å²) in [4.78, 5) is 0.619. The van der Waals surface area contributed by atoms with Gasteiger partial charge in [0, 0.05) is 18.0 Å². The number of aliphatic hydroxyl groups excluding tert-OH is 1. The summed E-state index contributed by atoms with van der Waals surface area (Å²) >= 11 is 4.88. The molecule has 0 radical (unpaired) electrons. The van der Waals surface area contributed by atoms with Gasteiger partial charge in [0.25, 0.3) is 0 Å². The van der Waals surface area contributed by atoms with Gasteiger partial charge in [-0.2, -0.15) is 0 Å². The molecule has 0 atom stereocenters. The minimum Gasteiger partial charge on any atom is -0.512 e. The number of rotatable bonds is 0. The van der Waals surface area contributed by atoms with E-state index >= 15 is 0 Å². The smallest absolute Gasteiger partial charge is 0.103 e. The molecule has 0 saturated carbocycles. The van der Waals surface area contributed by atoms with Crippen molar-refractivity contribution in [1.82, 2.24) is 5.32 Å². The van der Waals surface area contributed by atoms with Crippen molar-refractivity contribution in [3.8, 4) is 0 Å². The fraction of sp³-hybridized carbons (Fsp3) is 0.571. The van der Waals surface area contributed by atoms with Gasteiger partial charge < -0.3 is 10.4 Å². The Morgan fingerprint density at radius 1 is 1.70 bits per heavy atom. The summed E-state index contributed by atoms with van der Waals surface area (Å²) in [5, 5.41) is 12.2. The third kappa shape index (κ3) is 1.70. The van der Waals surface area contributed by atoms with Crippen molar-refractivity contribution in [3.63, 3.8) is 0 Å². The van der Waals surface area contributed by atoms with Crippen LogP contribution in [0.15, 0.2) is 11.8 Å². The number of hydrogen-bond donors (Lipinski definition) is 2. The maximum absolute atomic E-state index is 9.15. The fourth-order valence-corrected chi connectivity index (χ4v) is 1.48. The van der Waals surface area contributed by atoms with E-state index in [-0.39, 0.29) is 5.54 Å². The molecule has 2 nitrogen and oxygen atoms in total. The predicted octanol–water partition coefficient (Wildman–Crippen LogP) is 1.53. The summed E-state index contributed by atoms with van der Waals surface area (Å²) in [6.07, 6.45) is 2.23. The average molecular weight is 157 g/mol. The van der Waals surface area contributed by atoms with Crippen LogP contribution in [0.3, 0.4) is 0 Å². The van der Waals surface area contributed by atoms with Gasteiger partial charge in [-0.3, -0.25) is 0 Å². The van der Waals surface area contributed by atoms with Gasteiger partial charge in [-0.05, 0) is 13.8 Å². The number of hydrogen-bond acceptors (Lipinski definition) is 2. The normalized spacial score (nSPS) is 23.4. The van der Waals surface area contributed by atoms with Crippen molar-refractivity contribution in [2.75, 3.05) is 0 Å². The Kier molecular flexibility index (Phi) is 1.68. The van der Waals surface area contributed by atoms with Gasteiger partial charge in [-0.25, -0.2) is 0 Å². The van der Waals surface area contributed by atoms with Crippen LogP contribution in [-0.2, 0) is 0 Å². The topological polar surface area (TPSA) is 32.3 Å². The Labute approximate surface area is 65.9 Å². The summed E-state index contributed by atoms with van der Waals surface area (Å²) in [6, 6.07) is 0. The lowest BCUT2D eigenvalue weighted by Gasteiger charge is -2.30. The van der Waals surface area contributed by atoms with Crippen LogP contribution >= 0.6 is 12.2 Å². The molecule has 1 aliphatic rings. The van der Waals surface area contributed by atoms with Crippen molar-refractivity contribution in [2.45, 2.75) is 25.8 Å². The van der Waals surface area contributed by atoms with E-state index < -0.39 is 0 Å². The molecule has 0 aliphatic carbocycles. The molecule has 2 N–H and O–H groups in total. The first-order chi connectivity index (χ1) is 4.49. The molecule has 56 valence electrons. The first-order valence-corrected chi connectivity index (χ1v) is 3.62. The van der Waals surface area contributed by atoms with E-state index in [1.54, 1.807) is 6.08 Å². The second kappa shape index (κ2) is 2.23. The minimum absolute atomic E-state index is 0.0874. The second-order valence-electron chi connectivity index (χ2n) is 3.19. The summed E-state index contributed by atoms with van der Waals surface area (Å²) in [6.45, 7) is 4.00. The van der Waals surface area contributed by atoms with Crippen LogP contribution in [0.25, 0.3) is 0 Å². The lowest BCUT2D eigenvalue weighted by molar-refractivity contribution is 0.322. The van der Waals surface area contributed by atoms with Crippen molar-refractivity contribution >= 4 is 17.2 Å². The second-order valence-corrected chi connectivity index (χ2v) is 3.63. The standard InChI is InChI=1S/C7H11NOS/c1-7(2)4-5(9)3-6(10)8-7/h3,9H,4H2,1-2H3,(H,8,10). The monoisotopic (exact) mass is 157 g/mol. The van der Waals surface area contributed by atoms with Crippen molar-refractivity contribution in [2.24, 2.45) is 0 Å². The van der Waals surface area contributed by atoms with Crippen LogP contribution in [0.1, 0.15) is 20.3 Å². The highest BCUT2D eigenvalue weighted by atomic mass is 32.1. The maximum Gasteiger partial charge on any atom is 0.103 e. The number of nitrogens with one attached hydrogen (secondary N) is 1. The molecule has 10 heavy (non-hydrogen) atoms. The van der Waals surface area contributed by atoms with Gasteiger partial charge >= 0.3 is 0 Å². The molecule has 3 heteroatoms. The maximum atomic E-state index is 9.15. The van der Waals surface area contributed by atoms with Gasteiger partial charge in [0.05, 0.1) is 5.76 Å². The highest BCUT2D eigenvalue weighted by Gasteiger charge is 2.23. The van der Waals surface area contributed by atoms with Gasteiger partial charge in [0.1, 0.15) is 4.99 Å². The minimum atomic E-state index is -0.0874. The van der Waals surface area contributed by atoms with E-state index in [9.17, 15) is 0 Å². The van der Waals surface area contributed by atoms with Crippen LogP contribution in [-0.4, -0.2) is 15.6 Å². The molecule has 1 aliphatic heterocycles. The molecule has 0 bridgehead atoms. The van der Waals surface area contributed by atoms with Crippen LogP contribution in [0.2, 0.25) is 0 Å². The van der Waals surface area contributed by atoms with Gasteiger partial charge in [-0.15, -0.1) is 0 Å². The van der Waals surface area contributed by atoms with Crippen LogP contribution < -0.4 is 5.32 Å². The SMILES string of the molecule is CC1(C)CC(O)=CC(=S)N1. The molecular weight excluding hydrogens is 146 g/mol. The largest absolute Gasteiger partial charge is 0.512 e. The predicted molar refractivity (Wildman–Crippen MR) is 45.1 cm³/mol. The van der Waals surface area contributed by atoms with Gasteiger partial charge in [-0.1, -0.05) is 12.2 Å². The molecule has 1 rings (SSSR count). The summed E-state index contributed by atoms with van der Waals surface area (Å²) < 4.78 is 0. The van der Waals surface area contributed by atoms with Crippen molar-refractivity contribution in [3.05, 3.63) is 11.8 Å². The zero-order valence-corrected chi connectivity index (χ0v) is 6.96. The Balaban J connectivity index is 2.80. The first kappa shape index (κ1) is 7.54. The fourth-order valence-electron chi connectivity index (χ4n) is 1.07. The Bertz CT molecular complexity index is 196. The number of thiocarbonyl (C=S) groups is 1. The third-order valence-corrected chi connectivity index (χ3v) is 1.60. The summed E-state index contributed by atoms with van der Waals surface area (Å²) in [5.41, 5.74) is -0.0874. The van der Waals surface area contributed by atoms with E-state index in [1.807, 2.05) is 13.8 Å². The van der Waals surface area contributed by atoms with Gasteiger partial charge in [0.15, 0.2) is 0 Å². The van der Waals surface area contributed by atoms with Crippen LogP contribution in [0.5, 0.6) is 0 Å². The molecule has 0 saturated heterocycles. The molecule has 0 aromatic carbocycles. The zero-order chi connectivity index (χ0) is 7.78. The zero-order valence-electron chi connectivity index (χ0n) is 6.14. The average Bonchev–Trinajstić information content (AvgIpc) is 1.54. The van der Waals surface area contributed by atoms with Crippen molar-refractivity contribution < 1.29 is 5.11 Å². The molecular formula is C7H11NOS. The molecule has 1 heterocycles. The van der Waals surface area contributed by atoms with Crippen LogP contribution in [0, 0.1) is 0 Å². The molecule has 0 aromatic rings. The highest BCUT2D eigenvalue weighted by molar-refractivity contribution is 7.80. The lowest BCUT2D eigenvalue weighted by Crippen LogP contribution is -2.45. The molecule has 0 aromatic heterocycles. The molecule has 0 amide bonds. The summed E-state index contributed by atoms with van der Waals surface area (Å²) in [7, 11) is 0. The third-order valence-electron chi connectivity index (χ3n) is 1.38. The summed E-state index contributed by atoms with van der Waals surface area (Å²) in [5.74, 6) is 0.369. The van der Waals surface area contributed by atoms with E-state index in [0.717, 1.165) is 0 Å². The van der Waals surface area contributed by atoms with E-state index in [4.69, 9.17) is 17.3 Å². The Morgan fingerprint density at radius 3 is 2.70 bits per heavy atom. The first-order valence-electron chi connectivity index (χ1n) is 3.21. The van der Waals surface area contributed by atoms with Crippen LogP contribution in [0.4, 0.5) is 0 Å². The van der Waals surface area contributed by atoms with Crippen molar-refractivity contribution in [1.29, 1.82) is 0 Å². The highest BCUT2D eigenvalue weighted by Crippen LogP contribution is 2.17. The lowest BCUT2D eigenvalue weighted by atomic mass is 9.96. The van der Waals surface area contributed by atoms with E-state index in [2.05, 4.69) is 5.32 Å². The van der Waals surface area contributed by atoms with E-state index in [0.29, 0.717) is 17.2 Å².